The summed E-state index contributed by atoms with van der Waals surface area (Å²) in [7, 11) is 0. The molecule has 10 heavy (non-hydrogen) atoms. The van der Waals surface area contributed by atoms with Crippen LogP contribution in [0.5, 0.6) is 0 Å². The van der Waals surface area contributed by atoms with E-state index in [2.05, 4.69) is 26.8 Å². The molecule has 0 nitrogen and oxygen atoms in total. The summed E-state index contributed by atoms with van der Waals surface area (Å²) in [5.41, 5.74) is 2.27. The first-order chi connectivity index (χ1) is 4.62. The Bertz CT molecular complexity index is 186. The molecule has 0 heterocycles. The quantitative estimate of drug-likeness (QED) is 0.449. The van der Waals surface area contributed by atoms with E-state index in [0.29, 0.717) is 5.41 Å². The van der Waals surface area contributed by atoms with Gasteiger partial charge < -0.3 is 0 Å². The molecule has 2 atom stereocenters. The van der Waals surface area contributed by atoms with Gasteiger partial charge in [0, 0.05) is 0 Å². The van der Waals surface area contributed by atoms with Gasteiger partial charge in [0.25, 0.3) is 0 Å². The summed E-state index contributed by atoms with van der Waals surface area (Å²) < 4.78 is 0. The Labute approximate surface area is 63.3 Å². The lowest BCUT2D eigenvalue weighted by molar-refractivity contribution is 0.533. The van der Waals surface area contributed by atoms with Crippen LogP contribution < -0.4 is 0 Å². The Balaban J connectivity index is 2.20. The van der Waals surface area contributed by atoms with E-state index in [1.165, 1.54) is 12.8 Å². The van der Waals surface area contributed by atoms with Crippen molar-refractivity contribution in [2.24, 2.45) is 17.3 Å². The molecule has 2 aliphatic rings. The van der Waals surface area contributed by atoms with Gasteiger partial charge in [-0.1, -0.05) is 25.5 Å². The smallest absolute Gasteiger partial charge is 0.0143 e. The highest BCUT2D eigenvalue weighted by molar-refractivity contribution is 5.21. The van der Waals surface area contributed by atoms with Gasteiger partial charge in [-0.2, -0.15) is 0 Å². The summed E-state index contributed by atoms with van der Waals surface area (Å²) >= 11 is 0. The molecule has 56 valence electrons. The largest absolute Gasteiger partial charge is 0.0817 e. The van der Waals surface area contributed by atoms with Crippen LogP contribution in [0.2, 0.25) is 0 Å². The van der Waals surface area contributed by atoms with E-state index in [4.69, 9.17) is 0 Å². The number of allylic oxidation sites excluding steroid dienone is 2. The molecule has 2 aliphatic carbocycles. The van der Waals surface area contributed by atoms with Gasteiger partial charge >= 0.3 is 0 Å². The second kappa shape index (κ2) is 1.66. The predicted molar refractivity (Wildman–Crippen MR) is 43.8 cm³/mol. The fraction of sp³-hybridized carbons (Fsp3) is 0.800. The van der Waals surface area contributed by atoms with Crippen LogP contribution in [-0.2, 0) is 0 Å². The molecular formula is C10H16. The molecule has 0 amide bonds. The number of fused-ring (bicyclic) bond motifs is 1. The van der Waals surface area contributed by atoms with E-state index in [0.717, 1.165) is 11.8 Å². The molecule has 0 N–H and O–H groups in total. The van der Waals surface area contributed by atoms with E-state index in [-0.39, 0.29) is 0 Å². The Morgan fingerprint density at radius 3 is 2.70 bits per heavy atom. The normalized spacial score (nSPS) is 42.1. The van der Waals surface area contributed by atoms with Gasteiger partial charge in [-0.05, 0) is 37.0 Å². The molecule has 2 rings (SSSR count). The van der Waals surface area contributed by atoms with E-state index in [1.807, 2.05) is 0 Å². The third-order valence-electron chi connectivity index (χ3n) is 3.45. The van der Waals surface area contributed by atoms with E-state index < -0.39 is 0 Å². The maximum Gasteiger partial charge on any atom is -0.0143 e. The first-order valence-electron chi connectivity index (χ1n) is 4.29. The van der Waals surface area contributed by atoms with Crippen molar-refractivity contribution in [3.63, 3.8) is 0 Å². The maximum atomic E-state index is 2.49. The maximum absolute atomic E-state index is 2.49. The van der Waals surface area contributed by atoms with Gasteiger partial charge in [0.1, 0.15) is 0 Å². The minimum absolute atomic E-state index is 0.651. The highest BCUT2D eigenvalue weighted by Crippen LogP contribution is 2.63. The Morgan fingerprint density at radius 2 is 2.20 bits per heavy atom. The van der Waals surface area contributed by atoms with Crippen molar-refractivity contribution in [3.05, 3.63) is 11.6 Å². The lowest BCUT2D eigenvalue weighted by Crippen LogP contribution is -1.90. The molecule has 0 aromatic heterocycles. The van der Waals surface area contributed by atoms with Gasteiger partial charge in [-0.3, -0.25) is 0 Å². The van der Waals surface area contributed by atoms with Gasteiger partial charge in [0.15, 0.2) is 0 Å². The molecule has 0 saturated heterocycles. The molecule has 0 bridgehead atoms. The Morgan fingerprint density at radius 1 is 1.50 bits per heavy atom. The van der Waals surface area contributed by atoms with Crippen molar-refractivity contribution >= 4 is 0 Å². The number of hydrogen-bond acceptors (Lipinski definition) is 0. The summed E-state index contributed by atoms with van der Waals surface area (Å²) in [5, 5.41) is 0. The van der Waals surface area contributed by atoms with Gasteiger partial charge in [-0.15, -0.1) is 0 Å². The van der Waals surface area contributed by atoms with Crippen LogP contribution in [0.1, 0.15) is 33.6 Å². The van der Waals surface area contributed by atoms with Gasteiger partial charge in [0.2, 0.25) is 0 Å². The van der Waals surface area contributed by atoms with Crippen LogP contribution in [0.4, 0.5) is 0 Å². The van der Waals surface area contributed by atoms with Crippen LogP contribution in [-0.4, -0.2) is 0 Å². The van der Waals surface area contributed by atoms with Crippen molar-refractivity contribution in [2.45, 2.75) is 33.6 Å². The van der Waals surface area contributed by atoms with Gasteiger partial charge in [0.05, 0.1) is 0 Å². The Kier molecular flexibility index (Phi) is 1.07. The van der Waals surface area contributed by atoms with Gasteiger partial charge in [-0.25, -0.2) is 0 Å². The molecule has 0 heteroatoms. The molecule has 0 spiro atoms. The van der Waals surface area contributed by atoms with Crippen LogP contribution in [0, 0.1) is 17.3 Å². The average Bonchev–Trinajstić information content (AvgIpc) is 2.36. The van der Waals surface area contributed by atoms with Crippen molar-refractivity contribution in [3.8, 4) is 0 Å². The van der Waals surface area contributed by atoms with Crippen molar-refractivity contribution in [1.82, 2.24) is 0 Å². The molecule has 1 fully saturated rings. The fourth-order valence-corrected chi connectivity index (χ4v) is 2.44. The molecular weight excluding hydrogens is 120 g/mol. The number of rotatable bonds is 0. The minimum Gasteiger partial charge on any atom is -0.0817 e. The highest BCUT2D eigenvalue weighted by Gasteiger charge is 2.56. The summed E-state index contributed by atoms with van der Waals surface area (Å²) in [5.74, 6) is 1.96. The summed E-state index contributed by atoms with van der Waals surface area (Å²) in [6.45, 7) is 7.07. The molecule has 1 saturated carbocycles. The minimum atomic E-state index is 0.651. The monoisotopic (exact) mass is 136 g/mol. The van der Waals surface area contributed by atoms with Crippen molar-refractivity contribution < 1.29 is 0 Å². The average molecular weight is 136 g/mol. The van der Waals surface area contributed by atoms with Crippen molar-refractivity contribution in [2.75, 3.05) is 0 Å². The fourth-order valence-electron chi connectivity index (χ4n) is 2.44. The second-order valence-electron chi connectivity index (χ2n) is 4.51. The first-order valence-corrected chi connectivity index (χ1v) is 4.29. The third kappa shape index (κ3) is 0.680. The molecule has 0 aromatic carbocycles. The van der Waals surface area contributed by atoms with Crippen LogP contribution in [0.15, 0.2) is 11.6 Å². The summed E-state index contributed by atoms with van der Waals surface area (Å²) in [6.07, 6.45) is 5.29. The SMILES string of the molecule is CC1=C[C@H]2[C@@H](CC1)C2(C)C. The van der Waals surface area contributed by atoms with Crippen LogP contribution >= 0.6 is 0 Å². The standard InChI is InChI=1S/C10H16/c1-7-4-5-8-9(6-7)10(8,2)3/h6,8-9H,4-5H2,1-3H3/t8-,9+/m1/s1. The predicted octanol–water partition coefficient (Wildman–Crippen LogP) is 3.00. The second-order valence-corrected chi connectivity index (χ2v) is 4.51. The highest BCUT2D eigenvalue weighted by atomic mass is 14.6. The number of hydrogen-bond donors (Lipinski definition) is 0. The lowest BCUT2D eigenvalue weighted by atomic mass is 10.0. The zero-order valence-electron chi connectivity index (χ0n) is 7.15. The van der Waals surface area contributed by atoms with E-state index in [9.17, 15) is 0 Å². The molecule has 0 radical (unpaired) electrons. The van der Waals surface area contributed by atoms with Crippen LogP contribution in [0.25, 0.3) is 0 Å². The lowest BCUT2D eigenvalue weighted by Gasteiger charge is -2.05. The molecule has 0 aliphatic heterocycles. The molecule has 0 unspecified atom stereocenters. The summed E-state index contributed by atoms with van der Waals surface area (Å²) in [6, 6.07) is 0. The van der Waals surface area contributed by atoms with Crippen LogP contribution in [0.3, 0.4) is 0 Å². The van der Waals surface area contributed by atoms with Crippen molar-refractivity contribution in [1.29, 1.82) is 0 Å². The molecule has 0 aromatic rings. The summed E-state index contributed by atoms with van der Waals surface area (Å²) in [4.78, 5) is 0. The Hall–Kier alpha value is -0.260. The first kappa shape index (κ1) is 6.45. The van der Waals surface area contributed by atoms with E-state index >= 15 is 0 Å². The zero-order chi connectivity index (χ0) is 7.35. The topological polar surface area (TPSA) is 0 Å². The third-order valence-corrected chi connectivity index (χ3v) is 3.45. The van der Waals surface area contributed by atoms with E-state index in [1.54, 1.807) is 5.57 Å². The zero-order valence-corrected chi connectivity index (χ0v) is 7.15.